The molecule has 0 unspecified atom stereocenters. The van der Waals surface area contributed by atoms with Crippen LogP contribution in [0.5, 0.6) is 0 Å². The van der Waals surface area contributed by atoms with Crippen molar-refractivity contribution in [1.82, 2.24) is 4.57 Å². The van der Waals surface area contributed by atoms with Crippen molar-refractivity contribution >= 4 is 28.3 Å². The molecule has 0 aliphatic heterocycles. The molecule has 0 saturated heterocycles. The lowest BCUT2D eigenvalue weighted by Crippen LogP contribution is -1.97. The smallest absolute Gasteiger partial charge is 0.335 e. The highest BCUT2D eigenvalue weighted by molar-refractivity contribution is 5.97. The van der Waals surface area contributed by atoms with Gasteiger partial charge in [0.2, 0.25) is 0 Å². The van der Waals surface area contributed by atoms with E-state index in [0.29, 0.717) is 11.3 Å². The Morgan fingerprint density at radius 2 is 1.46 bits per heavy atom. The Morgan fingerprint density at radius 1 is 0.857 bits per heavy atom. The molecular weight excluding hydrogens is 352 g/mol. The number of carbonyl (C=O) groups is 2. The van der Waals surface area contributed by atoms with Crippen LogP contribution in [0.3, 0.4) is 0 Å². The summed E-state index contributed by atoms with van der Waals surface area (Å²) in [7, 11) is 0. The van der Waals surface area contributed by atoms with Crippen LogP contribution in [0, 0.1) is 0 Å². The number of benzene rings is 3. The van der Waals surface area contributed by atoms with Crippen LogP contribution in [0.2, 0.25) is 0 Å². The molecule has 0 radical (unpaired) electrons. The predicted molar refractivity (Wildman–Crippen MR) is 110 cm³/mol. The molecular formula is C23H18N2O3. The average molecular weight is 370 g/mol. The Hall–Kier alpha value is -3.86. The van der Waals surface area contributed by atoms with Gasteiger partial charge in [0.05, 0.1) is 16.8 Å². The van der Waals surface area contributed by atoms with Gasteiger partial charge in [-0.15, -0.1) is 0 Å². The molecule has 1 aromatic heterocycles. The average Bonchev–Trinajstić information content (AvgIpc) is 3.04. The molecule has 3 aromatic carbocycles. The summed E-state index contributed by atoms with van der Waals surface area (Å²) in [6.45, 7) is 1.55. The van der Waals surface area contributed by atoms with Gasteiger partial charge in [0.25, 0.3) is 0 Å². The van der Waals surface area contributed by atoms with Crippen molar-refractivity contribution in [2.45, 2.75) is 6.92 Å². The summed E-state index contributed by atoms with van der Waals surface area (Å²) in [4.78, 5) is 22.5. The van der Waals surface area contributed by atoms with E-state index in [2.05, 4.69) is 0 Å². The Kier molecular flexibility index (Phi) is 4.20. The second-order valence-corrected chi connectivity index (χ2v) is 6.67. The molecule has 1 heterocycles. The maximum absolute atomic E-state index is 11.5. The van der Waals surface area contributed by atoms with Gasteiger partial charge in [0, 0.05) is 22.8 Å². The van der Waals surface area contributed by atoms with Gasteiger partial charge < -0.3 is 15.4 Å². The number of carboxylic acids is 1. The van der Waals surface area contributed by atoms with Crippen molar-refractivity contribution < 1.29 is 14.7 Å². The summed E-state index contributed by atoms with van der Waals surface area (Å²) >= 11 is 0. The summed E-state index contributed by atoms with van der Waals surface area (Å²) in [5.41, 5.74) is 11.6. The number of carbonyl (C=O) groups excluding carboxylic acids is 1. The summed E-state index contributed by atoms with van der Waals surface area (Å²) < 4.78 is 1.94. The Bertz CT molecular complexity index is 1200. The van der Waals surface area contributed by atoms with E-state index in [1.165, 1.54) is 0 Å². The van der Waals surface area contributed by atoms with Crippen LogP contribution in [-0.2, 0) is 0 Å². The van der Waals surface area contributed by atoms with Crippen LogP contribution >= 0.6 is 0 Å². The van der Waals surface area contributed by atoms with Gasteiger partial charge in [-0.3, -0.25) is 4.79 Å². The van der Waals surface area contributed by atoms with Crippen molar-refractivity contribution in [2.75, 3.05) is 5.73 Å². The lowest BCUT2D eigenvalue weighted by atomic mass is 10.0. The van der Waals surface area contributed by atoms with Crippen molar-refractivity contribution in [3.63, 3.8) is 0 Å². The summed E-state index contributed by atoms with van der Waals surface area (Å²) in [5.74, 6) is -0.916. The molecule has 0 aliphatic carbocycles. The van der Waals surface area contributed by atoms with Crippen LogP contribution in [0.25, 0.3) is 27.7 Å². The minimum Gasteiger partial charge on any atom is -0.478 e. The number of hydrogen-bond acceptors (Lipinski definition) is 3. The number of nitrogens with zero attached hydrogens (tertiary/aromatic N) is 1. The van der Waals surface area contributed by atoms with Gasteiger partial charge in [-0.1, -0.05) is 30.3 Å². The van der Waals surface area contributed by atoms with Crippen molar-refractivity contribution in [1.29, 1.82) is 0 Å². The summed E-state index contributed by atoms with van der Waals surface area (Å²) in [6, 6.07) is 20.2. The maximum Gasteiger partial charge on any atom is 0.335 e. The Morgan fingerprint density at radius 3 is 2.07 bits per heavy atom. The molecule has 0 aliphatic rings. The zero-order valence-electron chi connectivity index (χ0n) is 15.2. The number of Topliss-reactive ketones (excluding diaryl/α,β-unsaturated/α-hetero) is 1. The van der Waals surface area contributed by atoms with E-state index < -0.39 is 5.97 Å². The van der Waals surface area contributed by atoms with Gasteiger partial charge in [-0.2, -0.15) is 0 Å². The molecule has 138 valence electrons. The van der Waals surface area contributed by atoms with E-state index in [-0.39, 0.29) is 11.3 Å². The van der Waals surface area contributed by atoms with Gasteiger partial charge in [0.15, 0.2) is 5.78 Å². The van der Waals surface area contributed by atoms with Crippen molar-refractivity contribution in [3.05, 3.63) is 84.1 Å². The number of nitrogens with two attached hydrogens (primary N) is 1. The highest BCUT2D eigenvalue weighted by Crippen LogP contribution is 2.31. The van der Waals surface area contributed by atoms with Crippen LogP contribution in [0.4, 0.5) is 5.69 Å². The van der Waals surface area contributed by atoms with E-state index in [9.17, 15) is 9.59 Å². The first kappa shape index (κ1) is 17.5. The normalized spacial score (nSPS) is 10.9. The second-order valence-electron chi connectivity index (χ2n) is 6.67. The Labute approximate surface area is 161 Å². The van der Waals surface area contributed by atoms with Gasteiger partial charge in [-0.25, -0.2) is 4.79 Å². The fraction of sp³-hybridized carbons (Fsp3) is 0.0435. The molecule has 28 heavy (non-hydrogen) atoms. The highest BCUT2D eigenvalue weighted by atomic mass is 16.4. The number of ketones is 1. The molecule has 5 heteroatoms. The monoisotopic (exact) mass is 370 g/mol. The van der Waals surface area contributed by atoms with Crippen LogP contribution in [-0.4, -0.2) is 21.4 Å². The van der Waals surface area contributed by atoms with Crippen molar-refractivity contribution in [2.24, 2.45) is 0 Å². The first-order valence-corrected chi connectivity index (χ1v) is 8.80. The zero-order chi connectivity index (χ0) is 19.8. The fourth-order valence-corrected chi connectivity index (χ4v) is 3.31. The van der Waals surface area contributed by atoms with Crippen molar-refractivity contribution in [3.8, 4) is 16.8 Å². The second kappa shape index (κ2) is 6.70. The van der Waals surface area contributed by atoms with E-state index in [0.717, 1.165) is 27.7 Å². The van der Waals surface area contributed by atoms with Gasteiger partial charge in [-0.05, 0) is 54.4 Å². The number of aromatic nitrogens is 1. The zero-order valence-corrected chi connectivity index (χ0v) is 15.2. The van der Waals surface area contributed by atoms with Gasteiger partial charge >= 0.3 is 5.97 Å². The number of fused-ring (bicyclic) bond motifs is 1. The first-order valence-electron chi connectivity index (χ1n) is 8.80. The van der Waals surface area contributed by atoms with E-state index >= 15 is 0 Å². The molecule has 3 N–H and O–H groups in total. The van der Waals surface area contributed by atoms with E-state index in [1.807, 2.05) is 53.2 Å². The third-order valence-corrected chi connectivity index (χ3v) is 4.85. The number of rotatable bonds is 4. The molecule has 4 aromatic rings. The summed E-state index contributed by atoms with van der Waals surface area (Å²) in [5, 5.41) is 9.98. The standard InChI is InChI=1S/C23H18N2O3/c1-14(26)15-2-4-16(5-3-15)18-8-11-22-20(12-18)21(24)13-25(22)19-9-6-17(7-10-19)23(27)28/h2-13H,24H2,1H3,(H,27,28). The Balaban J connectivity index is 1.76. The molecule has 0 fully saturated rings. The molecule has 4 rings (SSSR count). The maximum atomic E-state index is 11.5. The SMILES string of the molecule is CC(=O)c1ccc(-c2ccc3c(c2)c(N)cn3-c2ccc(C(=O)O)cc2)cc1. The topological polar surface area (TPSA) is 85.3 Å². The largest absolute Gasteiger partial charge is 0.478 e. The number of nitrogen functional groups attached to an aromatic ring is 1. The minimum atomic E-state index is -0.955. The van der Waals surface area contributed by atoms with E-state index in [4.69, 9.17) is 10.8 Å². The molecule has 0 spiro atoms. The van der Waals surface area contributed by atoms with Crippen LogP contribution in [0.15, 0.2) is 72.9 Å². The number of anilines is 1. The molecule has 0 saturated carbocycles. The highest BCUT2D eigenvalue weighted by Gasteiger charge is 2.11. The van der Waals surface area contributed by atoms with Crippen LogP contribution < -0.4 is 5.73 Å². The molecule has 0 bridgehead atoms. The predicted octanol–water partition coefficient (Wildman–Crippen LogP) is 4.78. The first-order chi connectivity index (χ1) is 13.4. The molecule has 0 atom stereocenters. The van der Waals surface area contributed by atoms with Gasteiger partial charge in [0.1, 0.15) is 0 Å². The third kappa shape index (κ3) is 3.03. The quantitative estimate of drug-likeness (QED) is 0.506. The summed E-state index contributed by atoms with van der Waals surface area (Å²) in [6.07, 6.45) is 1.84. The fourth-order valence-electron chi connectivity index (χ4n) is 3.31. The minimum absolute atomic E-state index is 0.0391. The number of carboxylic acid groups (broad SMARTS) is 1. The van der Waals surface area contributed by atoms with E-state index in [1.54, 1.807) is 31.2 Å². The third-order valence-electron chi connectivity index (χ3n) is 4.85. The number of aromatic carboxylic acids is 1. The molecule has 0 amide bonds. The lowest BCUT2D eigenvalue weighted by molar-refractivity contribution is 0.0696. The number of hydrogen-bond donors (Lipinski definition) is 2. The lowest BCUT2D eigenvalue weighted by Gasteiger charge is -2.07. The van der Waals surface area contributed by atoms with Crippen LogP contribution in [0.1, 0.15) is 27.6 Å². The molecule has 5 nitrogen and oxygen atoms in total.